The zero-order valence-corrected chi connectivity index (χ0v) is 11.2. The summed E-state index contributed by atoms with van der Waals surface area (Å²) >= 11 is 0. The Morgan fingerprint density at radius 3 is 2.33 bits per heavy atom. The number of rotatable bonds is 2. The molecular weight excluding hydrogens is 230 g/mol. The Hall–Kier alpha value is -2.11. The first-order chi connectivity index (χ1) is 8.41. The number of carbonyl (C=O) groups is 1. The smallest absolute Gasteiger partial charge is 0.259 e. The van der Waals surface area contributed by atoms with Crippen LogP contribution in [0.5, 0.6) is 0 Å². The molecule has 0 unspecified atom stereocenters. The van der Waals surface area contributed by atoms with E-state index in [2.05, 4.69) is 20.6 Å². The van der Waals surface area contributed by atoms with E-state index in [0.717, 1.165) is 22.8 Å². The summed E-state index contributed by atoms with van der Waals surface area (Å²) in [6, 6.07) is 0. The number of hydrogen-bond acceptors (Lipinski definition) is 3. The van der Waals surface area contributed by atoms with Crippen molar-refractivity contribution in [2.75, 3.05) is 5.32 Å². The highest BCUT2D eigenvalue weighted by molar-refractivity contribution is 6.06. The molecule has 0 bridgehead atoms. The third kappa shape index (κ3) is 1.90. The van der Waals surface area contributed by atoms with E-state index in [1.54, 1.807) is 11.6 Å². The number of amides is 1. The van der Waals surface area contributed by atoms with Crippen molar-refractivity contribution in [2.45, 2.75) is 27.7 Å². The molecule has 0 atom stereocenters. The van der Waals surface area contributed by atoms with E-state index in [1.165, 1.54) is 0 Å². The van der Waals surface area contributed by atoms with Gasteiger partial charge in [0.25, 0.3) is 5.91 Å². The zero-order valence-electron chi connectivity index (χ0n) is 11.2. The third-order valence-corrected chi connectivity index (χ3v) is 3.10. The Labute approximate surface area is 105 Å². The molecule has 6 heteroatoms. The van der Waals surface area contributed by atoms with Gasteiger partial charge in [0, 0.05) is 12.7 Å². The molecule has 0 fully saturated rings. The van der Waals surface area contributed by atoms with Crippen molar-refractivity contribution in [3.8, 4) is 0 Å². The second kappa shape index (κ2) is 4.29. The van der Waals surface area contributed by atoms with E-state index < -0.39 is 0 Å². The summed E-state index contributed by atoms with van der Waals surface area (Å²) in [6.45, 7) is 7.43. The molecule has 2 aromatic heterocycles. The molecule has 0 aliphatic carbocycles. The van der Waals surface area contributed by atoms with Gasteiger partial charge in [0.05, 0.1) is 28.3 Å². The molecular formula is C12H17N5O. The normalized spacial score (nSPS) is 10.7. The Balaban J connectivity index is 2.33. The molecule has 2 rings (SSSR count). The Kier molecular flexibility index (Phi) is 2.94. The molecule has 96 valence electrons. The molecule has 18 heavy (non-hydrogen) atoms. The van der Waals surface area contributed by atoms with Gasteiger partial charge in [-0.05, 0) is 27.7 Å². The lowest BCUT2D eigenvalue weighted by atomic mass is 10.2. The maximum atomic E-state index is 12.2. The number of aromatic nitrogens is 4. The number of carbonyl (C=O) groups excluding carboxylic acids is 1. The van der Waals surface area contributed by atoms with Gasteiger partial charge < -0.3 is 5.32 Å². The van der Waals surface area contributed by atoms with Crippen LogP contribution in [0.15, 0.2) is 0 Å². The van der Waals surface area contributed by atoms with Gasteiger partial charge in [-0.15, -0.1) is 0 Å². The number of nitrogens with zero attached hydrogens (tertiary/aromatic N) is 3. The average molecular weight is 247 g/mol. The van der Waals surface area contributed by atoms with Gasteiger partial charge in [-0.3, -0.25) is 14.6 Å². The van der Waals surface area contributed by atoms with Crippen LogP contribution >= 0.6 is 0 Å². The minimum atomic E-state index is -0.155. The molecule has 0 saturated heterocycles. The molecule has 2 heterocycles. The summed E-state index contributed by atoms with van der Waals surface area (Å²) in [5.74, 6) is -0.155. The van der Waals surface area contributed by atoms with Crippen LogP contribution < -0.4 is 5.32 Å². The average Bonchev–Trinajstić information content (AvgIpc) is 2.74. The first-order valence-corrected chi connectivity index (χ1v) is 5.75. The maximum absolute atomic E-state index is 12.2. The lowest BCUT2D eigenvalue weighted by Gasteiger charge is -2.05. The highest BCUT2D eigenvalue weighted by Crippen LogP contribution is 2.20. The van der Waals surface area contributed by atoms with E-state index >= 15 is 0 Å². The van der Waals surface area contributed by atoms with Crippen molar-refractivity contribution >= 4 is 11.6 Å². The highest BCUT2D eigenvalue weighted by Gasteiger charge is 2.18. The third-order valence-electron chi connectivity index (χ3n) is 3.10. The summed E-state index contributed by atoms with van der Waals surface area (Å²) in [4.78, 5) is 12.2. The Morgan fingerprint density at radius 1 is 1.22 bits per heavy atom. The monoisotopic (exact) mass is 247 g/mol. The van der Waals surface area contributed by atoms with Crippen LogP contribution in [0.4, 0.5) is 5.69 Å². The van der Waals surface area contributed by atoms with Gasteiger partial charge >= 0.3 is 0 Å². The molecule has 0 saturated carbocycles. The quantitative estimate of drug-likeness (QED) is 0.846. The Bertz CT molecular complexity index is 589. The van der Waals surface area contributed by atoms with Gasteiger partial charge in [-0.2, -0.15) is 10.2 Å². The molecule has 1 amide bonds. The topological polar surface area (TPSA) is 75.6 Å². The lowest BCUT2D eigenvalue weighted by Crippen LogP contribution is -2.14. The fourth-order valence-electron chi connectivity index (χ4n) is 2.02. The molecule has 2 N–H and O–H groups in total. The number of H-pyrrole nitrogens is 1. The number of aryl methyl sites for hydroxylation is 4. The zero-order chi connectivity index (χ0) is 13.4. The van der Waals surface area contributed by atoms with Crippen molar-refractivity contribution in [2.24, 2.45) is 7.05 Å². The number of anilines is 1. The van der Waals surface area contributed by atoms with Crippen LogP contribution in [0, 0.1) is 27.7 Å². The fourth-order valence-corrected chi connectivity index (χ4v) is 2.02. The second-order valence-electron chi connectivity index (χ2n) is 4.43. The van der Waals surface area contributed by atoms with Gasteiger partial charge in [0.15, 0.2) is 0 Å². The van der Waals surface area contributed by atoms with Gasteiger partial charge in [-0.1, -0.05) is 0 Å². The van der Waals surface area contributed by atoms with Crippen molar-refractivity contribution < 1.29 is 4.79 Å². The van der Waals surface area contributed by atoms with E-state index in [4.69, 9.17) is 0 Å². The second-order valence-corrected chi connectivity index (χ2v) is 4.43. The van der Waals surface area contributed by atoms with Gasteiger partial charge in [0.2, 0.25) is 0 Å². The minimum Gasteiger partial charge on any atom is -0.319 e. The van der Waals surface area contributed by atoms with Crippen LogP contribution in [0.3, 0.4) is 0 Å². The molecule has 6 nitrogen and oxygen atoms in total. The summed E-state index contributed by atoms with van der Waals surface area (Å²) in [5, 5.41) is 14.0. The number of hydrogen-bond donors (Lipinski definition) is 2. The summed E-state index contributed by atoms with van der Waals surface area (Å²) < 4.78 is 1.75. The number of aromatic amines is 1. The van der Waals surface area contributed by atoms with E-state index in [-0.39, 0.29) is 5.91 Å². The van der Waals surface area contributed by atoms with Gasteiger partial charge in [0.1, 0.15) is 0 Å². The van der Waals surface area contributed by atoms with Crippen molar-refractivity contribution in [3.63, 3.8) is 0 Å². The lowest BCUT2D eigenvalue weighted by molar-refractivity contribution is 0.102. The van der Waals surface area contributed by atoms with Crippen LogP contribution in [-0.2, 0) is 7.05 Å². The van der Waals surface area contributed by atoms with E-state index in [1.807, 2.05) is 27.8 Å². The number of nitrogens with one attached hydrogen (secondary N) is 2. The van der Waals surface area contributed by atoms with Crippen LogP contribution in [-0.4, -0.2) is 25.9 Å². The molecule has 0 radical (unpaired) electrons. The van der Waals surface area contributed by atoms with E-state index in [9.17, 15) is 4.79 Å². The largest absolute Gasteiger partial charge is 0.319 e. The highest BCUT2D eigenvalue weighted by atomic mass is 16.1. The van der Waals surface area contributed by atoms with Crippen molar-refractivity contribution in [3.05, 3.63) is 28.3 Å². The molecule has 0 spiro atoms. The van der Waals surface area contributed by atoms with Crippen molar-refractivity contribution in [1.29, 1.82) is 0 Å². The van der Waals surface area contributed by atoms with Crippen molar-refractivity contribution in [1.82, 2.24) is 20.0 Å². The van der Waals surface area contributed by atoms with Gasteiger partial charge in [-0.25, -0.2) is 0 Å². The molecule has 0 aromatic carbocycles. The predicted octanol–water partition coefficient (Wildman–Crippen LogP) is 1.63. The van der Waals surface area contributed by atoms with Crippen LogP contribution in [0.25, 0.3) is 0 Å². The fraction of sp³-hybridized carbons (Fsp3) is 0.417. The maximum Gasteiger partial charge on any atom is 0.259 e. The first kappa shape index (κ1) is 12.3. The molecule has 0 aliphatic heterocycles. The Morgan fingerprint density at radius 2 is 1.89 bits per heavy atom. The van der Waals surface area contributed by atoms with Crippen LogP contribution in [0.1, 0.15) is 33.1 Å². The summed E-state index contributed by atoms with van der Waals surface area (Å²) in [5.41, 5.74) is 4.57. The van der Waals surface area contributed by atoms with Crippen LogP contribution in [0.2, 0.25) is 0 Å². The minimum absolute atomic E-state index is 0.155. The summed E-state index contributed by atoms with van der Waals surface area (Å²) in [7, 11) is 1.85. The SMILES string of the molecule is Cc1nn(C)c(C)c1NC(=O)c1c(C)n[nH]c1C. The van der Waals surface area contributed by atoms with E-state index in [0.29, 0.717) is 11.3 Å². The molecule has 0 aliphatic rings. The predicted molar refractivity (Wildman–Crippen MR) is 68.7 cm³/mol. The molecule has 2 aromatic rings. The first-order valence-electron chi connectivity index (χ1n) is 5.75. The standard InChI is InChI=1S/C12H17N5O/c1-6-10(7(2)15-14-6)12(18)13-11-8(3)16-17(5)9(11)4/h1-5H3,(H,13,18)(H,14,15). The summed E-state index contributed by atoms with van der Waals surface area (Å²) in [6.07, 6.45) is 0.